The minimum atomic E-state index is 0.440. The van der Waals surface area contributed by atoms with Gasteiger partial charge in [-0.3, -0.25) is 4.90 Å². The summed E-state index contributed by atoms with van der Waals surface area (Å²) in [6.07, 6.45) is 11.4. The Morgan fingerprint density at radius 2 is 1.75 bits per heavy atom. The maximum absolute atomic E-state index is 3.86. The Bertz CT molecular complexity index is 324. The van der Waals surface area contributed by atoms with Gasteiger partial charge in [0, 0.05) is 24.7 Å². The summed E-state index contributed by atoms with van der Waals surface area (Å²) in [4.78, 5) is 2.80. The van der Waals surface area contributed by atoms with Gasteiger partial charge >= 0.3 is 0 Å². The van der Waals surface area contributed by atoms with Crippen molar-refractivity contribution in [1.82, 2.24) is 10.2 Å². The first-order valence-corrected chi connectivity index (χ1v) is 8.98. The topological polar surface area (TPSA) is 15.3 Å². The van der Waals surface area contributed by atoms with Crippen molar-refractivity contribution in [3.05, 3.63) is 0 Å². The Morgan fingerprint density at radius 1 is 1.05 bits per heavy atom. The smallest absolute Gasteiger partial charge is 0.0153 e. The third-order valence-corrected chi connectivity index (χ3v) is 6.28. The molecule has 1 saturated heterocycles. The molecule has 1 N–H and O–H groups in total. The third kappa shape index (κ3) is 3.39. The molecular weight excluding hydrogens is 244 g/mol. The third-order valence-electron chi connectivity index (χ3n) is 6.28. The lowest BCUT2D eigenvalue weighted by molar-refractivity contribution is 0.0546. The lowest BCUT2D eigenvalue weighted by atomic mass is 9.70. The zero-order valence-corrected chi connectivity index (χ0v) is 13.9. The molecule has 3 rings (SSSR count). The molecule has 1 aliphatic heterocycles. The molecule has 0 atom stereocenters. The second kappa shape index (κ2) is 5.61. The minimum absolute atomic E-state index is 0.440. The highest BCUT2D eigenvalue weighted by molar-refractivity contribution is 4.97. The Hall–Kier alpha value is -0.0800. The fraction of sp³-hybridized carbons (Fsp3) is 1.00. The van der Waals surface area contributed by atoms with E-state index in [-0.39, 0.29) is 0 Å². The second-order valence-electron chi connectivity index (χ2n) is 8.68. The summed E-state index contributed by atoms with van der Waals surface area (Å²) >= 11 is 0. The van der Waals surface area contributed by atoms with E-state index < -0.39 is 0 Å². The van der Waals surface area contributed by atoms with Gasteiger partial charge in [-0.2, -0.15) is 0 Å². The summed E-state index contributed by atoms with van der Waals surface area (Å²) in [7, 11) is 0. The first-order valence-electron chi connectivity index (χ1n) is 8.98. The number of hydrogen-bond donors (Lipinski definition) is 1. The van der Waals surface area contributed by atoms with E-state index >= 15 is 0 Å². The van der Waals surface area contributed by atoms with Crippen LogP contribution in [0.3, 0.4) is 0 Å². The average molecular weight is 278 g/mol. The molecular formula is C18H34N2. The first kappa shape index (κ1) is 14.8. The zero-order valence-electron chi connectivity index (χ0n) is 13.9. The quantitative estimate of drug-likeness (QED) is 0.822. The molecule has 0 unspecified atom stereocenters. The van der Waals surface area contributed by atoms with Crippen molar-refractivity contribution in [2.24, 2.45) is 11.3 Å². The SMILES string of the molecule is CC1CCC(CNC2CC2)(CN2CCCC2(C)C)CC1. The van der Waals surface area contributed by atoms with Gasteiger partial charge in [0.2, 0.25) is 0 Å². The van der Waals surface area contributed by atoms with E-state index in [1.165, 1.54) is 71.0 Å². The summed E-state index contributed by atoms with van der Waals surface area (Å²) in [5, 5.41) is 3.86. The molecule has 0 aromatic heterocycles. The Kier molecular flexibility index (Phi) is 4.16. The monoisotopic (exact) mass is 278 g/mol. The van der Waals surface area contributed by atoms with Gasteiger partial charge in [-0.1, -0.05) is 19.8 Å². The van der Waals surface area contributed by atoms with Crippen LogP contribution in [-0.4, -0.2) is 36.1 Å². The van der Waals surface area contributed by atoms with Gasteiger partial charge in [-0.05, 0) is 70.3 Å². The van der Waals surface area contributed by atoms with Crippen molar-refractivity contribution < 1.29 is 0 Å². The predicted octanol–water partition coefficient (Wildman–Crippen LogP) is 3.81. The molecule has 0 bridgehead atoms. The number of nitrogens with zero attached hydrogens (tertiary/aromatic N) is 1. The number of hydrogen-bond acceptors (Lipinski definition) is 2. The summed E-state index contributed by atoms with van der Waals surface area (Å²) in [6.45, 7) is 11.3. The van der Waals surface area contributed by atoms with Crippen LogP contribution in [0.25, 0.3) is 0 Å². The van der Waals surface area contributed by atoms with Crippen molar-refractivity contribution in [1.29, 1.82) is 0 Å². The summed E-state index contributed by atoms with van der Waals surface area (Å²) in [6, 6.07) is 0.859. The van der Waals surface area contributed by atoms with Crippen molar-refractivity contribution in [2.75, 3.05) is 19.6 Å². The zero-order chi connectivity index (χ0) is 14.2. The van der Waals surface area contributed by atoms with Gasteiger partial charge in [0.15, 0.2) is 0 Å². The standard InChI is InChI=1S/C18H34N2/c1-15-7-10-18(11-8-15,13-19-16-5-6-16)14-20-12-4-9-17(20,2)3/h15-16,19H,4-14H2,1-3H3. The van der Waals surface area contributed by atoms with E-state index in [4.69, 9.17) is 0 Å². The number of likely N-dealkylation sites (tertiary alicyclic amines) is 1. The van der Waals surface area contributed by atoms with Crippen molar-refractivity contribution in [2.45, 2.75) is 83.7 Å². The second-order valence-corrected chi connectivity index (χ2v) is 8.68. The molecule has 0 amide bonds. The van der Waals surface area contributed by atoms with E-state index in [0.29, 0.717) is 11.0 Å². The van der Waals surface area contributed by atoms with E-state index in [1.807, 2.05) is 0 Å². The van der Waals surface area contributed by atoms with Crippen LogP contribution in [0.1, 0.15) is 72.1 Å². The van der Waals surface area contributed by atoms with Crippen LogP contribution >= 0.6 is 0 Å². The maximum Gasteiger partial charge on any atom is 0.0153 e. The highest BCUT2D eigenvalue weighted by Crippen LogP contribution is 2.42. The van der Waals surface area contributed by atoms with E-state index in [0.717, 1.165) is 12.0 Å². The maximum atomic E-state index is 3.86. The fourth-order valence-electron chi connectivity index (χ4n) is 4.27. The molecule has 2 aliphatic carbocycles. The summed E-state index contributed by atoms with van der Waals surface area (Å²) in [5.74, 6) is 0.954. The summed E-state index contributed by atoms with van der Waals surface area (Å²) < 4.78 is 0. The molecule has 116 valence electrons. The van der Waals surface area contributed by atoms with Crippen LogP contribution in [0.4, 0.5) is 0 Å². The van der Waals surface area contributed by atoms with Crippen LogP contribution in [0.5, 0.6) is 0 Å². The molecule has 0 aromatic rings. The van der Waals surface area contributed by atoms with Crippen LogP contribution in [0.15, 0.2) is 0 Å². The van der Waals surface area contributed by atoms with Gasteiger partial charge in [0.1, 0.15) is 0 Å². The first-order chi connectivity index (χ1) is 9.49. The van der Waals surface area contributed by atoms with Crippen molar-refractivity contribution in [3.63, 3.8) is 0 Å². The number of nitrogens with one attached hydrogen (secondary N) is 1. The van der Waals surface area contributed by atoms with Crippen LogP contribution in [0, 0.1) is 11.3 Å². The van der Waals surface area contributed by atoms with E-state index in [9.17, 15) is 0 Å². The Morgan fingerprint density at radius 3 is 2.30 bits per heavy atom. The lowest BCUT2D eigenvalue weighted by Crippen LogP contribution is -2.50. The number of rotatable bonds is 5. The van der Waals surface area contributed by atoms with Gasteiger partial charge < -0.3 is 5.32 Å². The highest BCUT2D eigenvalue weighted by atomic mass is 15.2. The van der Waals surface area contributed by atoms with Gasteiger partial charge in [0.25, 0.3) is 0 Å². The normalized spacial score (nSPS) is 38.2. The molecule has 2 saturated carbocycles. The molecule has 2 nitrogen and oxygen atoms in total. The molecule has 2 heteroatoms. The molecule has 0 spiro atoms. The van der Waals surface area contributed by atoms with Crippen molar-refractivity contribution in [3.8, 4) is 0 Å². The van der Waals surface area contributed by atoms with E-state index in [2.05, 4.69) is 31.0 Å². The highest BCUT2D eigenvalue weighted by Gasteiger charge is 2.41. The summed E-state index contributed by atoms with van der Waals surface area (Å²) in [5.41, 5.74) is 1.01. The van der Waals surface area contributed by atoms with Gasteiger partial charge in [0.05, 0.1) is 0 Å². The molecule has 3 fully saturated rings. The minimum Gasteiger partial charge on any atom is -0.313 e. The van der Waals surface area contributed by atoms with Gasteiger partial charge in [-0.15, -0.1) is 0 Å². The molecule has 3 aliphatic rings. The average Bonchev–Trinajstić information content (AvgIpc) is 3.17. The molecule has 20 heavy (non-hydrogen) atoms. The molecule has 0 aromatic carbocycles. The fourth-order valence-corrected chi connectivity index (χ4v) is 4.27. The van der Waals surface area contributed by atoms with Gasteiger partial charge in [-0.25, -0.2) is 0 Å². The Balaban J connectivity index is 1.64. The lowest BCUT2D eigenvalue weighted by Gasteiger charge is -2.45. The van der Waals surface area contributed by atoms with E-state index in [1.54, 1.807) is 0 Å². The largest absolute Gasteiger partial charge is 0.313 e. The Labute approximate surface area is 125 Å². The molecule has 1 heterocycles. The molecule has 0 radical (unpaired) electrons. The van der Waals surface area contributed by atoms with Crippen molar-refractivity contribution >= 4 is 0 Å². The van der Waals surface area contributed by atoms with Crippen LogP contribution in [0.2, 0.25) is 0 Å². The van der Waals surface area contributed by atoms with Crippen LogP contribution < -0.4 is 5.32 Å². The van der Waals surface area contributed by atoms with Crippen LogP contribution in [-0.2, 0) is 0 Å². The predicted molar refractivity (Wildman–Crippen MR) is 86.0 cm³/mol.